The number of carbonyl (C=O) groups is 5. The van der Waals surface area contributed by atoms with Crippen LogP contribution < -0.4 is 14.8 Å². The quantitative estimate of drug-likeness (QED) is 0.0524. The Morgan fingerprint density at radius 2 is 1.32 bits per heavy atom. The van der Waals surface area contributed by atoms with Gasteiger partial charge < -0.3 is 33.7 Å². The summed E-state index contributed by atoms with van der Waals surface area (Å²) in [7, 11) is 0. The number of ether oxygens (including phenoxy) is 6. The maximum absolute atomic E-state index is 12.6. The van der Waals surface area contributed by atoms with Crippen molar-refractivity contribution in [2.24, 2.45) is 0 Å². The Bertz CT molecular complexity index is 1500. The zero-order chi connectivity index (χ0) is 34.6. The number of rotatable bonds is 18. The summed E-state index contributed by atoms with van der Waals surface area (Å²) in [6.07, 6.45) is 5.84. The molecule has 0 aromatic heterocycles. The number of allylic oxidation sites excluding steroid dienone is 4. The SMILES string of the molecule is C=CC(=O)OCCCCOc1ccc(C(=O)O/C(C=C)=C/C=C(\C)OC(=O)c2ccc(OC(=O)NCCOC(=O)C(=C)C)cc2)cc1. The van der Waals surface area contributed by atoms with Crippen LogP contribution in [0.5, 0.6) is 11.5 Å². The van der Waals surface area contributed by atoms with Crippen LogP contribution in [-0.2, 0) is 28.5 Å². The minimum Gasteiger partial charge on any atom is -0.494 e. The number of nitrogens with one attached hydrogen (secondary N) is 1. The van der Waals surface area contributed by atoms with E-state index in [-0.39, 0.29) is 53.7 Å². The van der Waals surface area contributed by atoms with E-state index >= 15 is 0 Å². The summed E-state index contributed by atoms with van der Waals surface area (Å²) in [5.41, 5.74) is 0.721. The van der Waals surface area contributed by atoms with Crippen molar-refractivity contribution in [2.45, 2.75) is 26.7 Å². The van der Waals surface area contributed by atoms with Gasteiger partial charge in [0.2, 0.25) is 0 Å². The Hall–Kier alpha value is -5.91. The van der Waals surface area contributed by atoms with Gasteiger partial charge in [0.05, 0.1) is 30.9 Å². The largest absolute Gasteiger partial charge is 0.494 e. The van der Waals surface area contributed by atoms with Crippen LogP contribution in [0.15, 0.2) is 110 Å². The van der Waals surface area contributed by atoms with Crippen molar-refractivity contribution in [2.75, 3.05) is 26.4 Å². The summed E-state index contributed by atoms with van der Waals surface area (Å²) >= 11 is 0. The average molecular weight is 648 g/mol. The highest BCUT2D eigenvalue weighted by Gasteiger charge is 2.12. The minimum absolute atomic E-state index is 0.0406. The molecule has 2 rings (SSSR count). The number of benzene rings is 2. The van der Waals surface area contributed by atoms with Gasteiger partial charge in [0.1, 0.15) is 29.6 Å². The molecule has 47 heavy (non-hydrogen) atoms. The van der Waals surface area contributed by atoms with Crippen molar-refractivity contribution in [1.82, 2.24) is 5.32 Å². The molecule has 0 aliphatic carbocycles. The van der Waals surface area contributed by atoms with Gasteiger partial charge in [0.15, 0.2) is 0 Å². The second-order valence-corrected chi connectivity index (χ2v) is 9.54. The van der Waals surface area contributed by atoms with E-state index in [2.05, 4.69) is 25.1 Å². The van der Waals surface area contributed by atoms with E-state index in [1.165, 1.54) is 49.4 Å². The van der Waals surface area contributed by atoms with Crippen LogP contribution >= 0.6 is 0 Å². The van der Waals surface area contributed by atoms with Crippen LogP contribution in [0.3, 0.4) is 0 Å². The average Bonchev–Trinajstić information content (AvgIpc) is 3.06. The molecule has 2 aromatic carbocycles. The van der Waals surface area contributed by atoms with Crippen LogP contribution in [0.4, 0.5) is 4.79 Å². The topological polar surface area (TPSA) is 153 Å². The fraction of sp³-hybridized carbons (Fsp3) is 0.229. The number of unbranched alkanes of at least 4 members (excludes halogenated alkanes) is 1. The van der Waals surface area contributed by atoms with Gasteiger partial charge in [-0.1, -0.05) is 19.7 Å². The molecule has 0 unspecified atom stereocenters. The van der Waals surface area contributed by atoms with E-state index < -0.39 is 30.0 Å². The van der Waals surface area contributed by atoms with E-state index in [9.17, 15) is 24.0 Å². The van der Waals surface area contributed by atoms with Gasteiger partial charge in [-0.2, -0.15) is 0 Å². The van der Waals surface area contributed by atoms with Gasteiger partial charge in [0.25, 0.3) is 0 Å². The molecule has 0 aliphatic rings. The van der Waals surface area contributed by atoms with Crippen molar-refractivity contribution in [1.29, 1.82) is 0 Å². The van der Waals surface area contributed by atoms with Crippen LogP contribution in [0.1, 0.15) is 47.4 Å². The van der Waals surface area contributed by atoms with Crippen molar-refractivity contribution in [3.8, 4) is 11.5 Å². The molecule has 248 valence electrons. The van der Waals surface area contributed by atoms with Crippen molar-refractivity contribution in [3.63, 3.8) is 0 Å². The van der Waals surface area contributed by atoms with Crippen LogP contribution in [-0.4, -0.2) is 56.3 Å². The summed E-state index contributed by atoms with van der Waals surface area (Å²) in [4.78, 5) is 59.4. The van der Waals surface area contributed by atoms with Gasteiger partial charge in [-0.25, -0.2) is 24.0 Å². The summed E-state index contributed by atoms with van der Waals surface area (Å²) in [5.74, 6) is -1.26. The maximum atomic E-state index is 12.6. The van der Waals surface area contributed by atoms with Crippen LogP contribution in [0.2, 0.25) is 0 Å². The number of carbonyl (C=O) groups excluding carboxylic acids is 5. The molecular formula is C35H37NO11. The predicted octanol–water partition coefficient (Wildman–Crippen LogP) is 5.77. The fourth-order valence-corrected chi connectivity index (χ4v) is 3.28. The lowest BCUT2D eigenvalue weighted by Crippen LogP contribution is -2.30. The lowest BCUT2D eigenvalue weighted by Gasteiger charge is -2.09. The molecule has 0 spiro atoms. The Labute approximate surface area is 272 Å². The third-order valence-electron chi connectivity index (χ3n) is 5.71. The fourth-order valence-electron chi connectivity index (χ4n) is 3.28. The molecule has 0 bridgehead atoms. The number of hydrogen-bond acceptors (Lipinski definition) is 11. The van der Waals surface area contributed by atoms with E-state index in [0.717, 1.165) is 6.08 Å². The summed E-state index contributed by atoms with van der Waals surface area (Å²) in [6.45, 7) is 14.2. The number of hydrogen-bond donors (Lipinski definition) is 1. The van der Waals surface area contributed by atoms with Crippen molar-refractivity contribution >= 4 is 30.0 Å². The first kappa shape index (κ1) is 37.3. The second kappa shape index (κ2) is 20.2. The molecule has 1 N–H and O–H groups in total. The lowest BCUT2D eigenvalue weighted by atomic mass is 10.2. The molecule has 0 saturated heterocycles. The molecule has 1 amide bonds. The van der Waals surface area contributed by atoms with Gasteiger partial charge in [-0.3, -0.25) is 0 Å². The van der Waals surface area contributed by atoms with Gasteiger partial charge in [-0.05, 0) is 93.4 Å². The summed E-state index contributed by atoms with van der Waals surface area (Å²) in [6, 6.07) is 12.0. The molecule has 12 nitrogen and oxygen atoms in total. The molecule has 0 aliphatic heterocycles. The van der Waals surface area contributed by atoms with E-state index in [1.807, 2.05) is 0 Å². The Kier molecular flexibility index (Phi) is 16.0. The number of esters is 4. The van der Waals surface area contributed by atoms with E-state index in [1.54, 1.807) is 31.2 Å². The summed E-state index contributed by atoms with van der Waals surface area (Å²) < 4.78 is 31.2. The Morgan fingerprint density at radius 3 is 1.91 bits per heavy atom. The molecule has 0 heterocycles. The Morgan fingerprint density at radius 1 is 0.723 bits per heavy atom. The smallest absolute Gasteiger partial charge is 0.412 e. The van der Waals surface area contributed by atoms with Crippen LogP contribution in [0, 0.1) is 0 Å². The first-order valence-corrected chi connectivity index (χ1v) is 14.4. The molecule has 0 radical (unpaired) electrons. The van der Waals surface area contributed by atoms with Gasteiger partial charge in [0, 0.05) is 11.6 Å². The highest BCUT2D eigenvalue weighted by atomic mass is 16.6. The first-order chi connectivity index (χ1) is 22.5. The standard InChI is InChI=1S/C35H37NO11/c1-6-28(46-34(40)27-11-16-29(17-12-27)42-21-8-9-22-43-31(37)7-2)15-10-25(5)45-33(39)26-13-18-30(19-14-26)47-35(41)36-20-23-44-32(38)24(3)4/h6-7,10-19H,1-3,8-9,20-23H2,4-5H3,(H,36,41)/b25-10+,28-15+. The number of amides is 1. The Balaban J connectivity index is 1.80. The van der Waals surface area contributed by atoms with Crippen LogP contribution in [0.25, 0.3) is 0 Å². The third-order valence-corrected chi connectivity index (χ3v) is 5.71. The van der Waals surface area contributed by atoms with Crippen molar-refractivity contribution in [3.05, 3.63) is 121 Å². The molecule has 0 fully saturated rings. The maximum Gasteiger partial charge on any atom is 0.412 e. The molecule has 0 saturated carbocycles. The molecule has 2 aromatic rings. The predicted molar refractivity (Wildman–Crippen MR) is 171 cm³/mol. The van der Waals surface area contributed by atoms with E-state index in [0.29, 0.717) is 25.2 Å². The monoisotopic (exact) mass is 647 g/mol. The molecular weight excluding hydrogens is 610 g/mol. The second-order valence-electron chi connectivity index (χ2n) is 9.54. The minimum atomic E-state index is -0.768. The first-order valence-electron chi connectivity index (χ1n) is 14.4. The zero-order valence-corrected chi connectivity index (χ0v) is 26.3. The zero-order valence-electron chi connectivity index (χ0n) is 26.3. The van der Waals surface area contributed by atoms with E-state index in [4.69, 9.17) is 28.4 Å². The molecule has 12 heteroatoms. The molecule has 0 atom stereocenters. The van der Waals surface area contributed by atoms with Gasteiger partial charge >= 0.3 is 30.0 Å². The van der Waals surface area contributed by atoms with Gasteiger partial charge in [-0.15, -0.1) is 0 Å². The highest BCUT2D eigenvalue weighted by Crippen LogP contribution is 2.17. The normalized spacial score (nSPS) is 10.9. The van der Waals surface area contributed by atoms with Crippen molar-refractivity contribution < 1.29 is 52.4 Å². The third kappa shape index (κ3) is 14.6. The lowest BCUT2D eigenvalue weighted by molar-refractivity contribution is -0.139. The highest BCUT2D eigenvalue weighted by molar-refractivity contribution is 5.91. The summed E-state index contributed by atoms with van der Waals surface area (Å²) in [5, 5.41) is 2.43.